The number of carbonyl (C=O) groups is 1. The Kier molecular flexibility index (Phi) is 4.26. The van der Waals surface area contributed by atoms with Gasteiger partial charge in [-0.25, -0.2) is 4.79 Å². The first-order chi connectivity index (χ1) is 14.1. The van der Waals surface area contributed by atoms with Gasteiger partial charge in [0.25, 0.3) is 11.8 Å². The summed E-state index contributed by atoms with van der Waals surface area (Å²) in [7, 11) is 0. The number of carbonyl (C=O) groups excluding carboxylic acids is 1. The second kappa shape index (κ2) is 6.94. The maximum Gasteiger partial charge on any atom is 0.349 e. The zero-order chi connectivity index (χ0) is 20.0. The summed E-state index contributed by atoms with van der Waals surface area (Å²) in [5.74, 6) is 0.281. The third-order valence-corrected chi connectivity index (χ3v) is 5.80. The molecule has 1 N–H and O–H groups in total. The van der Waals surface area contributed by atoms with Gasteiger partial charge < -0.3 is 19.0 Å². The third kappa shape index (κ3) is 3.14. The van der Waals surface area contributed by atoms with E-state index in [9.17, 15) is 9.59 Å². The van der Waals surface area contributed by atoms with Crippen LogP contribution in [-0.4, -0.2) is 22.7 Å². The van der Waals surface area contributed by atoms with Crippen molar-refractivity contribution in [1.29, 1.82) is 0 Å². The minimum absolute atomic E-state index is 0.0704. The molecule has 5 rings (SSSR count). The molecule has 1 aromatic carbocycles. The molecule has 4 heterocycles. The van der Waals surface area contributed by atoms with E-state index in [0.29, 0.717) is 52.9 Å². The van der Waals surface area contributed by atoms with E-state index in [1.54, 1.807) is 25.1 Å². The molecule has 4 aromatic rings. The molecule has 0 unspecified atom stereocenters. The smallest absolute Gasteiger partial charge is 0.349 e. The number of aryl methyl sites for hydroxylation is 1. The molecule has 0 fully saturated rings. The largest absolute Gasteiger partial charge is 0.422 e. The Hall–Kier alpha value is -3.30. The number of benzene rings is 1. The summed E-state index contributed by atoms with van der Waals surface area (Å²) in [5.41, 5.74) is 1.37. The zero-order valence-electron chi connectivity index (χ0n) is 15.4. The molecule has 0 aliphatic carbocycles. The Morgan fingerprint density at radius 2 is 2.14 bits per heavy atom. The average molecular weight is 409 g/mol. The summed E-state index contributed by atoms with van der Waals surface area (Å²) in [4.78, 5) is 30.6. The van der Waals surface area contributed by atoms with Gasteiger partial charge in [-0.2, -0.15) is 4.98 Å². The van der Waals surface area contributed by atoms with Crippen LogP contribution in [0.15, 0.2) is 44.1 Å². The van der Waals surface area contributed by atoms with Crippen LogP contribution in [0, 0.1) is 6.92 Å². The molecule has 9 heteroatoms. The summed E-state index contributed by atoms with van der Waals surface area (Å²) in [6, 6.07) is 8.57. The van der Waals surface area contributed by atoms with Gasteiger partial charge in [0.05, 0.1) is 18.8 Å². The molecule has 1 amide bonds. The molecule has 1 aliphatic rings. The molecule has 0 saturated heterocycles. The lowest BCUT2D eigenvalue weighted by molar-refractivity contribution is 0.102. The highest BCUT2D eigenvalue weighted by Gasteiger charge is 2.27. The van der Waals surface area contributed by atoms with E-state index in [-0.39, 0.29) is 5.56 Å². The fourth-order valence-corrected chi connectivity index (χ4v) is 4.51. The molecule has 146 valence electrons. The molecule has 29 heavy (non-hydrogen) atoms. The molecule has 0 radical (unpaired) electrons. The van der Waals surface area contributed by atoms with Gasteiger partial charge in [-0.3, -0.25) is 4.79 Å². The Labute approximate surface area is 168 Å². The summed E-state index contributed by atoms with van der Waals surface area (Å²) in [5, 5.41) is 7.90. The lowest BCUT2D eigenvalue weighted by atomic mass is 10.1. The van der Waals surface area contributed by atoms with Crippen LogP contribution in [-0.2, 0) is 17.8 Å². The maximum atomic E-state index is 12.9. The van der Waals surface area contributed by atoms with Gasteiger partial charge >= 0.3 is 5.63 Å². The van der Waals surface area contributed by atoms with Crippen molar-refractivity contribution in [2.24, 2.45) is 0 Å². The van der Waals surface area contributed by atoms with E-state index < -0.39 is 11.5 Å². The number of hydrogen-bond donors (Lipinski definition) is 1. The monoisotopic (exact) mass is 409 g/mol. The molecular formula is C20H15N3O5S. The fraction of sp³-hybridized carbons (Fsp3) is 0.200. The van der Waals surface area contributed by atoms with E-state index in [2.05, 4.69) is 15.5 Å². The predicted molar refractivity (Wildman–Crippen MR) is 106 cm³/mol. The van der Waals surface area contributed by atoms with Crippen LogP contribution >= 0.6 is 11.3 Å². The van der Waals surface area contributed by atoms with Crippen molar-refractivity contribution in [1.82, 2.24) is 10.1 Å². The first-order valence-corrected chi connectivity index (χ1v) is 9.79. The highest BCUT2D eigenvalue weighted by atomic mass is 32.1. The second-order valence-corrected chi connectivity index (χ2v) is 7.70. The van der Waals surface area contributed by atoms with Gasteiger partial charge in [0, 0.05) is 10.3 Å². The number of thiophene rings is 1. The molecule has 0 atom stereocenters. The molecule has 0 bridgehead atoms. The summed E-state index contributed by atoms with van der Waals surface area (Å²) >= 11 is 1.38. The first kappa shape index (κ1) is 17.8. The standard InChI is InChI=1S/C20H15N3O5S/c1-10-21-18(28-23-10)16-12-6-7-26-9-15(12)29-19(16)22-17(24)13-8-11-4-2-3-5-14(11)27-20(13)25/h2-5,8H,6-7,9H2,1H3,(H,22,24). The quantitative estimate of drug-likeness (QED) is 0.516. The minimum Gasteiger partial charge on any atom is -0.422 e. The van der Waals surface area contributed by atoms with Crippen molar-refractivity contribution >= 4 is 33.2 Å². The molecular weight excluding hydrogens is 394 g/mol. The van der Waals surface area contributed by atoms with Crippen LogP contribution in [0.3, 0.4) is 0 Å². The van der Waals surface area contributed by atoms with Crippen molar-refractivity contribution in [2.75, 3.05) is 11.9 Å². The van der Waals surface area contributed by atoms with Gasteiger partial charge in [-0.1, -0.05) is 23.4 Å². The number of anilines is 1. The summed E-state index contributed by atoms with van der Waals surface area (Å²) < 4.78 is 16.2. The first-order valence-electron chi connectivity index (χ1n) is 8.97. The Balaban J connectivity index is 1.57. The predicted octanol–water partition coefficient (Wildman–Crippen LogP) is 3.54. The van der Waals surface area contributed by atoms with Gasteiger partial charge in [0.2, 0.25) is 0 Å². The molecule has 8 nitrogen and oxygen atoms in total. The molecule has 3 aromatic heterocycles. The minimum atomic E-state index is -0.693. The van der Waals surface area contributed by atoms with Gasteiger partial charge in [-0.15, -0.1) is 11.3 Å². The van der Waals surface area contributed by atoms with Gasteiger partial charge in [0.1, 0.15) is 16.1 Å². The van der Waals surface area contributed by atoms with Crippen molar-refractivity contribution in [3.8, 4) is 11.5 Å². The maximum absolute atomic E-state index is 12.9. The number of fused-ring (bicyclic) bond motifs is 2. The van der Waals surface area contributed by atoms with Crippen LogP contribution < -0.4 is 10.9 Å². The number of rotatable bonds is 3. The van der Waals surface area contributed by atoms with E-state index >= 15 is 0 Å². The number of aromatic nitrogens is 2. The van der Waals surface area contributed by atoms with Gasteiger partial charge in [0.15, 0.2) is 5.82 Å². The van der Waals surface area contributed by atoms with Crippen molar-refractivity contribution in [2.45, 2.75) is 20.0 Å². The summed E-state index contributed by atoms with van der Waals surface area (Å²) in [6.07, 6.45) is 0.677. The molecule has 1 aliphatic heterocycles. The van der Waals surface area contributed by atoms with Crippen LogP contribution in [0.1, 0.15) is 26.6 Å². The average Bonchev–Trinajstić information content (AvgIpc) is 3.29. The number of amides is 1. The lowest BCUT2D eigenvalue weighted by Crippen LogP contribution is -2.20. The van der Waals surface area contributed by atoms with Crippen molar-refractivity contribution < 1.29 is 18.5 Å². The molecule has 0 saturated carbocycles. The number of ether oxygens (including phenoxy) is 1. The number of hydrogen-bond acceptors (Lipinski definition) is 8. The highest BCUT2D eigenvalue weighted by Crippen LogP contribution is 2.42. The highest BCUT2D eigenvalue weighted by molar-refractivity contribution is 7.17. The lowest BCUT2D eigenvalue weighted by Gasteiger charge is -2.12. The van der Waals surface area contributed by atoms with Crippen molar-refractivity contribution in [3.05, 3.63) is 62.6 Å². The van der Waals surface area contributed by atoms with Gasteiger partial charge in [-0.05, 0) is 31.0 Å². The second-order valence-electron chi connectivity index (χ2n) is 6.60. The normalized spacial score (nSPS) is 13.4. The zero-order valence-corrected chi connectivity index (χ0v) is 16.2. The van der Waals surface area contributed by atoms with E-state index in [1.807, 2.05) is 6.07 Å². The number of para-hydroxylation sites is 1. The number of nitrogens with one attached hydrogen (secondary N) is 1. The third-order valence-electron chi connectivity index (χ3n) is 4.67. The van der Waals surface area contributed by atoms with E-state index in [0.717, 1.165) is 10.4 Å². The topological polar surface area (TPSA) is 107 Å². The molecule has 0 spiro atoms. The van der Waals surface area contributed by atoms with E-state index in [4.69, 9.17) is 13.7 Å². The Morgan fingerprint density at radius 3 is 2.97 bits per heavy atom. The van der Waals surface area contributed by atoms with Crippen LogP contribution in [0.25, 0.3) is 22.4 Å². The Morgan fingerprint density at radius 1 is 1.28 bits per heavy atom. The Bertz CT molecular complexity index is 1300. The SMILES string of the molecule is Cc1noc(-c2c(NC(=O)c3cc4ccccc4oc3=O)sc3c2CCOC3)n1. The fourth-order valence-electron chi connectivity index (χ4n) is 3.34. The van der Waals surface area contributed by atoms with Crippen LogP contribution in [0.5, 0.6) is 0 Å². The summed E-state index contributed by atoms with van der Waals surface area (Å²) in [6.45, 7) is 2.76. The van der Waals surface area contributed by atoms with Crippen molar-refractivity contribution in [3.63, 3.8) is 0 Å². The van der Waals surface area contributed by atoms with E-state index in [1.165, 1.54) is 17.4 Å². The number of nitrogens with zero attached hydrogens (tertiary/aromatic N) is 2. The van der Waals surface area contributed by atoms with Crippen LogP contribution in [0.2, 0.25) is 0 Å². The van der Waals surface area contributed by atoms with Crippen LogP contribution in [0.4, 0.5) is 5.00 Å².